The highest BCUT2D eigenvalue weighted by Gasteiger charge is 2.16. The Bertz CT molecular complexity index is 1230. The highest BCUT2D eigenvalue weighted by molar-refractivity contribution is 7.98. The predicted octanol–water partition coefficient (Wildman–Crippen LogP) is 3.51. The quantitative estimate of drug-likeness (QED) is 0.179. The van der Waals surface area contributed by atoms with Crippen molar-refractivity contribution in [1.82, 2.24) is 25.1 Å². The lowest BCUT2D eigenvalue weighted by atomic mass is 10.2. The third-order valence-corrected chi connectivity index (χ3v) is 5.05. The number of nitro groups is 1. The molecule has 14 heteroatoms. The van der Waals surface area contributed by atoms with Gasteiger partial charge in [-0.2, -0.15) is 8.78 Å². The normalized spacial score (nSPS) is 11.1. The van der Waals surface area contributed by atoms with E-state index in [1.165, 1.54) is 65.0 Å². The highest BCUT2D eigenvalue weighted by atomic mass is 32.2. The Kier molecular flexibility index (Phi) is 5.93. The summed E-state index contributed by atoms with van der Waals surface area (Å²) < 4.78 is 35.7. The summed E-state index contributed by atoms with van der Waals surface area (Å²) >= 11 is 1.20. The molecule has 2 aromatic carbocycles. The van der Waals surface area contributed by atoms with E-state index < -0.39 is 11.5 Å². The highest BCUT2D eigenvalue weighted by Crippen LogP contribution is 2.27. The molecule has 2 aromatic heterocycles. The van der Waals surface area contributed by atoms with Gasteiger partial charge in [0.05, 0.1) is 10.7 Å². The van der Waals surface area contributed by atoms with Crippen molar-refractivity contribution in [2.75, 3.05) is 5.84 Å². The van der Waals surface area contributed by atoms with Crippen molar-refractivity contribution in [3.63, 3.8) is 0 Å². The second-order valence-corrected chi connectivity index (χ2v) is 7.12. The van der Waals surface area contributed by atoms with Crippen LogP contribution in [0.3, 0.4) is 0 Å². The van der Waals surface area contributed by atoms with E-state index in [-0.39, 0.29) is 23.1 Å². The minimum absolute atomic E-state index is 0.0154. The first-order chi connectivity index (χ1) is 15.4. The molecule has 0 unspecified atom stereocenters. The number of nitrogens with two attached hydrogens (primary N) is 1. The summed E-state index contributed by atoms with van der Waals surface area (Å²) in [6, 6.07) is 11.5. The van der Waals surface area contributed by atoms with Crippen LogP contribution in [0, 0.1) is 10.1 Å². The van der Waals surface area contributed by atoms with Gasteiger partial charge in [-0.25, -0.2) is 4.68 Å². The van der Waals surface area contributed by atoms with Gasteiger partial charge in [-0.05, 0) is 36.4 Å². The average Bonchev–Trinajstić information content (AvgIpc) is 3.39. The molecule has 0 aliphatic heterocycles. The Morgan fingerprint density at radius 2 is 1.75 bits per heavy atom. The van der Waals surface area contributed by atoms with Crippen molar-refractivity contribution in [2.24, 2.45) is 0 Å². The summed E-state index contributed by atoms with van der Waals surface area (Å²) in [5.74, 6) is 7.15. The first-order valence-corrected chi connectivity index (χ1v) is 9.85. The molecule has 4 aromatic rings. The zero-order chi connectivity index (χ0) is 22.7. The third-order valence-electron chi connectivity index (χ3n) is 4.12. The average molecular weight is 461 g/mol. The largest absolute Gasteiger partial charge is 0.435 e. The van der Waals surface area contributed by atoms with Crippen LogP contribution in [0.1, 0.15) is 5.89 Å². The number of halogens is 2. The molecule has 0 aliphatic carbocycles. The summed E-state index contributed by atoms with van der Waals surface area (Å²) in [5, 5.41) is 27.0. The number of ether oxygens (including phenoxy) is 1. The topological polar surface area (TPSA) is 148 Å². The van der Waals surface area contributed by atoms with Gasteiger partial charge in [0.15, 0.2) is 5.82 Å². The van der Waals surface area contributed by atoms with Crippen molar-refractivity contribution in [1.29, 1.82) is 0 Å². The van der Waals surface area contributed by atoms with Crippen LogP contribution in [0.5, 0.6) is 5.75 Å². The fraction of sp³-hybridized carbons (Fsp3) is 0.111. The molecule has 0 spiro atoms. The molecule has 0 fully saturated rings. The van der Waals surface area contributed by atoms with E-state index in [4.69, 9.17) is 10.3 Å². The maximum Gasteiger partial charge on any atom is 0.387 e. The molecule has 2 heterocycles. The second kappa shape index (κ2) is 8.97. The van der Waals surface area contributed by atoms with Gasteiger partial charge in [0, 0.05) is 23.3 Å². The van der Waals surface area contributed by atoms with E-state index in [9.17, 15) is 18.9 Å². The van der Waals surface area contributed by atoms with Crippen LogP contribution in [-0.4, -0.2) is 36.6 Å². The number of rotatable bonds is 8. The fourth-order valence-electron chi connectivity index (χ4n) is 2.64. The molecule has 32 heavy (non-hydrogen) atoms. The summed E-state index contributed by atoms with van der Waals surface area (Å²) in [7, 11) is 0. The maximum atomic E-state index is 12.3. The van der Waals surface area contributed by atoms with Crippen molar-refractivity contribution < 1.29 is 22.9 Å². The van der Waals surface area contributed by atoms with Gasteiger partial charge in [-0.3, -0.25) is 10.1 Å². The van der Waals surface area contributed by atoms with Crippen LogP contribution >= 0.6 is 11.8 Å². The van der Waals surface area contributed by atoms with E-state index in [1.807, 2.05) is 0 Å². The SMILES string of the molecule is Nn1c(SCc2nnc(-c3ccc([N+](=O)[O-])cc3)o2)nnc1-c1ccc(OC(F)F)cc1. The minimum Gasteiger partial charge on any atom is -0.435 e. The van der Waals surface area contributed by atoms with Crippen LogP contribution in [0.4, 0.5) is 14.5 Å². The number of benzene rings is 2. The molecular formula is C18H13F2N7O4S. The number of aromatic nitrogens is 5. The number of nitrogen functional groups attached to an aromatic ring is 1. The molecule has 0 saturated carbocycles. The Hall–Kier alpha value is -4.07. The number of thioether (sulfide) groups is 1. The molecule has 0 bridgehead atoms. The zero-order valence-electron chi connectivity index (χ0n) is 16.0. The van der Waals surface area contributed by atoms with E-state index in [0.717, 1.165) is 0 Å². The number of alkyl halides is 2. The maximum absolute atomic E-state index is 12.3. The molecule has 0 radical (unpaired) electrons. The molecule has 11 nitrogen and oxygen atoms in total. The van der Waals surface area contributed by atoms with Gasteiger partial charge < -0.3 is 15.0 Å². The number of non-ortho nitro benzene ring substituents is 1. The first-order valence-electron chi connectivity index (χ1n) is 8.86. The number of hydrogen-bond acceptors (Lipinski definition) is 10. The lowest BCUT2D eigenvalue weighted by Gasteiger charge is -2.06. The molecule has 0 aliphatic rings. The molecular weight excluding hydrogens is 448 g/mol. The molecule has 164 valence electrons. The lowest BCUT2D eigenvalue weighted by molar-refractivity contribution is -0.384. The zero-order valence-corrected chi connectivity index (χ0v) is 16.8. The molecule has 2 N–H and O–H groups in total. The summed E-state index contributed by atoms with van der Waals surface area (Å²) in [4.78, 5) is 10.2. The monoisotopic (exact) mass is 461 g/mol. The Morgan fingerprint density at radius 1 is 1.06 bits per heavy atom. The van der Waals surface area contributed by atoms with Crippen LogP contribution in [0.25, 0.3) is 22.8 Å². The van der Waals surface area contributed by atoms with Gasteiger partial charge >= 0.3 is 6.61 Å². The smallest absolute Gasteiger partial charge is 0.387 e. The second-order valence-electron chi connectivity index (χ2n) is 6.17. The van der Waals surface area contributed by atoms with Gasteiger partial charge in [0.25, 0.3) is 5.69 Å². The summed E-state index contributed by atoms with van der Waals surface area (Å²) in [5.41, 5.74) is 1.06. The molecule has 0 saturated heterocycles. The Balaban J connectivity index is 1.42. The van der Waals surface area contributed by atoms with E-state index in [0.29, 0.717) is 28.0 Å². The van der Waals surface area contributed by atoms with Gasteiger partial charge in [-0.1, -0.05) is 11.8 Å². The van der Waals surface area contributed by atoms with Crippen LogP contribution in [-0.2, 0) is 5.75 Å². The summed E-state index contributed by atoms with van der Waals surface area (Å²) in [6.45, 7) is -2.91. The van der Waals surface area contributed by atoms with Gasteiger partial charge in [-0.15, -0.1) is 20.4 Å². The van der Waals surface area contributed by atoms with E-state index >= 15 is 0 Å². The van der Waals surface area contributed by atoms with Crippen LogP contribution < -0.4 is 10.6 Å². The van der Waals surface area contributed by atoms with E-state index in [2.05, 4.69) is 25.1 Å². The van der Waals surface area contributed by atoms with Gasteiger partial charge in [0.1, 0.15) is 5.75 Å². The predicted molar refractivity (Wildman–Crippen MR) is 108 cm³/mol. The number of nitrogens with zero attached hydrogens (tertiary/aromatic N) is 6. The lowest BCUT2D eigenvalue weighted by Crippen LogP contribution is -2.11. The minimum atomic E-state index is -2.91. The standard InChI is InChI=1S/C18H13F2N7O4S/c19-17(20)30-13-7-3-10(4-8-13)15-23-25-18(26(15)21)32-9-14-22-24-16(31-14)11-1-5-12(6-2-11)27(28)29/h1-8,17H,9,21H2. The van der Waals surface area contributed by atoms with Crippen LogP contribution in [0.15, 0.2) is 58.1 Å². The molecule has 4 rings (SSSR count). The summed E-state index contributed by atoms with van der Waals surface area (Å²) in [6.07, 6.45) is 0. The molecule has 0 atom stereocenters. The number of hydrogen-bond donors (Lipinski definition) is 1. The third kappa shape index (κ3) is 4.64. The Labute approximate surface area is 182 Å². The van der Waals surface area contributed by atoms with Crippen molar-refractivity contribution in [3.05, 3.63) is 64.5 Å². The Morgan fingerprint density at radius 3 is 2.41 bits per heavy atom. The van der Waals surface area contributed by atoms with Gasteiger partial charge in [0.2, 0.25) is 16.9 Å². The van der Waals surface area contributed by atoms with Crippen molar-refractivity contribution in [3.8, 4) is 28.6 Å². The molecule has 0 amide bonds. The first kappa shape index (κ1) is 21.2. The van der Waals surface area contributed by atoms with E-state index in [1.54, 1.807) is 0 Å². The van der Waals surface area contributed by atoms with Crippen LogP contribution in [0.2, 0.25) is 0 Å². The van der Waals surface area contributed by atoms with Crippen molar-refractivity contribution in [2.45, 2.75) is 17.5 Å². The fourth-order valence-corrected chi connectivity index (χ4v) is 3.33. The van der Waals surface area contributed by atoms with Crippen molar-refractivity contribution >= 4 is 17.4 Å². The number of nitro benzene ring substituents is 1.